The summed E-state index contributed by atoms with van der Waals surface area (Å²) in [5.41, 5.74) is 0.825. The lowest BCUT2D eigenvalue weighted by Crippen LogP contribution is -3.14. The number of ether oxygens (including phenoxy) is 2. The van der Waals surface area contributed by atoms with Gasteiger partial charge in [-0.05, 0) is 24.3 Å². The molecule has 1 fully saturated rings. The largest absolute Gasteiger partial charge is 0.445 e. The van der Waals surface area contributed by atoms with Crippen molar-refractivity contribution in [1.82, 2.24) is 16.0 Å². The van der Waals surface area contributed by atoms with Gasteiger partial charge in [-0.25, -0.2) is 4.79 Å². The molecule has 2 rings (SSSR count). The summed E-state index contributed by atoms with van der Waals surface area (Å²) in [6, 6.07) is 7.35. The average molecular weight is 506 g/mol. The van der Waals surface area contributed by atoms with E-state index in [1.54, 1.807) is 6.92 Å². The minimum atomic E-state index is -0.973. The first kappa shape index (κ1) is 29.3. The van der Waals surface area contributed by atoms with Crippen molar-refractivity contribution >= 4 is 23.7 Å². The smallest absolute Gasteiger partial charge is 0.408 e. The summed E-state index contributed by atoms with van der Waals surface area (Å²) >= 11 is 0. The second-order valence-electron chi connectivity index (χ2n) is 9.44. The Morgan fingerprint density at radius 3 is 2.36 bits per heavy atom. The molecule has 0 spiro atoms. The molecule has 0 saturated carbocycles. The first-order valence-electron chi connectivity index (χ1n) is 12.8. The Bertz CT molecular complexity index is 842. The molecule has 2 atom stereocenters. The number of ketones is 1. The van der Waals surface area contributed by atoms with Gasteiger partial charge in [0.2, 0.25) is 11.7 Å². The molecule has 36 heavy (non-hydrogen) atoms. The molecule has 0 bridgehead atoms. The van der Waals surface area contributed by atoms with Gasteiger partial charge in [-0.1, -0.05) is 51.1 Å². The van der Waals surface area contributed by atoms with Gasteiger partial charge < -0.3 is 30.3 Å². The number of hydrogen-bond donors (Lipinski definition) is 4. The van der Waals surface area contributed by atoms with E-state index in [9.17, 15) is 19.2 Å². The highest BCUT2D eigenvalue weighted by Gasteiger charge is 2.29. The van der Waals surface area contributed by atoms with E-state index in [0.717, 1.165) is 44.8 Å². The number of nitrogens with one attached hydrogen (secondary N) is 4. The summed E-state index contributed by atoms with van der Waals surface area (Å²) in [5.74, 6) is -1.83. The van der Waals surface area contributed by atoms with E-state index in [2.05, 4.69) is 16.0 Å². The summed E-state index contributed by atoms with van der Waals surface area (Å²) in [7, 11) is 0. The van der Waals surface area contributed by atoms with Crippen LogP contribution in [-0.4, -0.2) is 75.2 Å². The zero-order valence-electron chi connectivity index (χ0n) is 21.6. The minimum Gasteiger partial charge on any atom is -0.445 e. The van der Waals surface area contributed by atoms with Gasteiger partial charge >= 0.3 is 6.09 Å². The average Bonchev–Trinajstić information content (AvgIpc) is 2.88. The number of hydrogen-bond acceptors (Lipinski definition) is 6. The molecule has 1 aliphatic rings. The predicted molar refractivity (Wildman–Crippen MR) is 134 cm³/mol. The van der Waals surface area contributed by atoms with E-state index in [1.165, 1.54) is 4.90 Å². The molecule has 4 N–H and O–H groups in total. The summed E-state index contributed by atoms with van der Waals surface area (Å²) in [6.45, 7) is 10.3. The molecule has 1 heterocycles. The molecule has 200 valence electrons. The quantitative estimate of drug-likeness (QED) is 0.212. The Morgan fingerprint density at radius 2 is 1.72 bits per heavy atom. The number of benzene rings is 1. The van der Waals surface area contributed by atoms with Crippen molar-refractivity contribution in [2.24, 2.45) is 5.92 Å². The summed E-state index contributed by atoms with van der Waals surface area (Å²) in [5, 5.41) is 7.89. The van der Waals surface area contributed by atoms with Crippen molar-refractivity contribution in [3.8, 4) is 0 Å². The molecule has 0 radical (unpaired) electrons. The molecule has 0 aromatic heterocycles. The summed E-state index contributed by atoms with van der Waals surface area (Å²) in [6.07, 6.45) is 0.637. The van der Waals surface area contributed by atoms with Crippen LogP contribution in [0, 0.1) is 5.92 Å². The number of carbonyl (C=O) groups excluding carboxylic acids is 4. The number of morpholine rings is 1. The predicted octanol–water partition coefficient (Wildman–Crippen LogP) is 0.213. The lowest BCUT2D eigenvalue weighted by atomic mass is 10.0. The van der Waals surface area contributed by atoms with Gasteiger partial charge in [0, 0.05) is 13.0 Å². The van der Waals surface area contributed by atoms with Gasteiger partial charge in [0.25, 0.3) is 5.91 Å². The minimum absolute atomic E-state index is 0.0754. The number of amides is 3. The molecule has 10 nitrogen and oxygen atoms in total. The molecule has 1 aromatic rings. The maximum absolute atomic E-state index is 12.9. The molecule has 1 saturated heterocycles. The van der Waals surface area contributed by atoms with Gasteiger partial charge in [0.1, 0.15) is 25.7 Å². The third kappa shape index (κ3) is 10.7. The van der Waals surface area contributed by atoms with Crippen LogP contribution in [0.1, 0.15) is 45.6 Å². The lowest BCUT2D eigenvalue weighted by Gasteiger charge is -2.24. The van der Waals surface area contributed by atoms with Gasteiger partial charge in [-0.2, -0.15) is 0 Å². The van der Waals surface area contributed by atoms with E-state index >= 15 is 0 Å². The Labute approximate surface area is 213 Å². The number of rotatable bonds is 14. The second-order valence-corrected chi connectivity index (χ2v) is 9.44. The van der Waals surface area contributed by atoms with Crippen molar-refractivity contribution in [3.63, 3.8) is 0 Å². The zero-order chi connectivity index (χ0) is 26.3. The van der Waals surface area contributed by atoms with Gasteiger partial charge in [0.05, 0.1) is 25.8 Å². The first-order valence-corrected chi connectivity index (χ1v) is 12.8. The van der Waals surface area contributed by atoms with E-state index in [4.69, 9.17) is 9.47 Å². The highest BCUT2D eigenvalue weighted by Crippen LogP contribution is 2.08. The maximum Gasteiger partial charge on any atom is 0.408 e. The summed E-state index contributed by atoms with van der Waals surface area (Å²) in [4.78, 5) is 51.7. The summed E-state index contributed by atoms with van der Waals surface area (Å²) < 4.78 is 10.6. The number of carbonyl (C=O) groups is 4. The van der Waals surface area contributed by atoms with E-state index in [1.807, 2.05) is 44.2 Å². The van der Waals surface area contributed by atoms with E-state index < -0.39 is 35.8 Å². The molecule has 0 unspecified atom stereocenters. The first-order chi connectivity index (χ1) is 17.3. The topological polar surface area (TPSA) is 127 Å². The monoisotopic (exact) mass is 505 g/mol. The van der Waals surface area contributed by atoms with Crippen molar-refractivity contribution in [3.05, 3.63) is 35.9 Å². The van der Waals surface area contributed by atoms with Crippen molar-refractivity contribution in [2.45, 2.75) is 58.7 Å². The van der Waals surface area contributed by atoms with Crippen LogP contribution in [0.4, 0.5) is 4.79 Å². The Kier molecular flexibility index (Phi) is 12.9. The van der Waals surface area contributed by atoms with Gasteiger partial charge in [-0.3, -0.25) is 14.4 Å². The van der Waals surface area contributed by atoms with Crippen LogP contribution in [-0.2, 0) is 30.5 Å². The zero-order valence-corrected chi connectivity index (χ0v) is 21.6. The SMILES string of the molecule is CC[C@H](NC(=O)[C@H](CC(C)C)NC(=O)OCc1ccccc1)C(=O)C(=O)NCCC[NH+]1CCOCC1. The molecule has 1 aromatic carbocycles. The fourth-order valence-electron chi connectivity index (χ4n) is 3.93. The van der Waals surface area contributed by atoms with Crippen molar-refractivity contribution in [2.75, 3.05) is 39.4 Å². The Hall–Kier alpha value is -2.98. The van der Waals surface area contributed by atoms with Crippen molar-refractivity contribution < 1.29 is 33.6 Å². The fraction of sp³-hybridized carbons (Fsp3) is 0.615. The van der Waals surface area contributed by atoms with E-state index in [0.29, 0.717) is 13.0 Å². The van der Waals surface area contributed by atoms with Crippen LogP contribution in [0.5, 0.6) is 0 Å². The number of Topliss-reactive ketones (excluding diaryl/α,β-unsaturated/α-hetero) is 1. The maximum atomic E-state index is 12.9. The molecule has 10 heteroatoms. The Balaban J connectivity index is 1.82. The lowest BCUT2D eigenvalue weighted by molar-refractivity contribution is -0.908. The molecule has 0 aliphatic carbocycles. The number of quaternary nitrogens is 1. The molecular formula is C26H41N4O6+. The number of alkyl carbamates (subject to hydrolysis) is 1. The highest BCUT2D eigenvalue weighted by molar-refractivity contribution is 6.38. The van der Waals surface area contributed by atoms with E-state index in [-0.39, 0.29) is 18.9 Å². The third-order valence-electron chi connectivity index (χ3n) is 5.99. The van der Waals surface area contributed by atoms with Crippen LogP contribution < -0.4 is 20.9 Å². The van der Waals surface area contributed by atoms with Gasteiger partial charge in [-0.15, -0.1) is 0 Å². The normalized spacial score (nSPS) is 15.6. The van der Waals surface area contributed by atoms with Crippen molar-refractivity contribution in [1.29, 1.82) is 0 Å². The third-order valence-corrected chi connectivity index (χ3v) is 5.99. The highest BCUT2D eigenvalue weighted by atomic mass is 16.5. The van der Waals surface area contributed by atoms with Crippen LogP contribution >= 0.6 is 0 Å². The Morgan fingerprint density at radius 1 is 1.03 bits per heavy atom. The van der Waals surface area contributed by atoms with Gasteiger partial charge in [0.15, 0.2) is 0 Å². The molecule has 1 aliphatic heterocycles. The fourth-order valence-corrected chi connectivity index (χ4v) is 3.93. The van der Waals surface area contributed by atoms with Crippen LogP contribution in [0.3, 0.4) is 0 Å². The van der Waals surface area contributed by atoms with Crippen LogP contribution in [0.15, 0.2) is 30.3 Å². The second kappa shape index (κ2) is 15.9. The van der Waals surface area contributed by atoms with Crippen LogP contribution in [0.25, 0.3) is 0 Å². The van der Waals surface area contributed by atoms with Crippen LogP contribution in [0.2, 0.25) is 0 Å². The molecular weight excluding hydrogens is 464 g/mol. The standard InChI is InChI=1S/C26H40N4O6/c1-4-21(23(31)25(33)27-11-8-12-30-13-15-35-16-14-30)28-24(32)22(17-19(2)3)29-26(34)36-18-20-9-6-5-7-10-20/h5-7,9-10,19,21-22H,4,8,11-18H2,1-3H3,(H,27,33)(H,28,32)(H,29,34)/p+1/t21-,22-/m0/s1. The molecule has 3 amide bonds.